The van der Waals surface area contributed by atoms with Crippen molar-refractivity contribution in [1.29, 1.82) is 0 Å². The first-order valence-corrected chi connectivity index (χ1v) is 5.29. The van der Waals surface area contributed by atoms with Gasteiger partial charge in [-0.05, 0) is 18.7 Å². The Labute approximate surface area is 99.5 Å². The van der Waals surface area contributed by atoms with Gasteiger partial charge in [0.15, 0.2) is 0 Å². The van der Waals surface area contributed by atoms with Gasteiger partial charge in [-0.15, -0.1) is 0 Å². The Kier molecular flexibility index (Phi) is 4.67. The first kappa shape index (κ1) is 12.6. The highest BCUT2D eigenvalue weighted by Gasteiger charge is 2.14. The van der Waals surface area contributed by atoms with Crippen molar-refractivity contribution in [2.75, 3.05) is 20.7 Å². The average Bonchev–Trinajstić information content (AvgIpc) is 2.22. The Morgan fingerprint density at radius 1 is 1.40 bits per heavy atom. The Morgan fingerprint density at radius 3 is 2.60 bits per heavy atom. The molecule has 0 aliphatic rings. The van der Waals surface area contributed by atoms with Crippen LogP contribution >= 0.6 is 23.2 Å². The highest BCUT2D eigenvalue weighted by Crippen LogP contribution is 2.36. The summed E-state index contributed by atoms with van der Waals surface area (Å²) in [4.78, 5) is 0. The van der Waals surface area contributed by atoms with Crippen molar-refractivity contribution in [3.05, 3.63) is 27.7 Å². The zero-order valence-corrected chi connectivity index (χ0v) is 10.2. The fraction of sp³-hybridized carbons (Fsp3) is 0.400. The van der Waals surface area contributed by atoms with Crippen LogP contribution in [0.25, 0.3) is 0 Å². The molecule has 0 saturated heterocycles. The molecule has 1 aromatic carbocycles. The van der Waals surface area contributed by atoms with E-state index in [1.807, 2.05) is 13.1 Å². The van der Waals surface area contributed by atoms with Crippen molar-refractivity contribution < 1.29 is 4.74 Å². The van der Waals surface area contributed by atoms with Gasteiger partial charge in [-0.1, -0.05) is 29.3 Å². The lowest BCUT2D eigenvalue weighted by atomic mass is 10.1. The van der Waals surface area contributed by atoms with E-state index >= 15 is 0 Å². The molecular formula is C10H14Cl2N2O. The molecule has 3 nitrogen and oxygen atoms in total. The monoisotopic (exact) mass is 248 g/mol. The third-order valence-corrected chi connectivity index (χ3v) is 3.00. The maximum Gasteiger partial charge on any atom is 0.139 e. The van der Waals surface area contributed by atoms with Gasteiger partial charge >= 0.3 is 0 Å². The molecule has 0 spiro atoms. The average molecular weight is 249 g/mol. The van der Waals surface area contributed by atoms with E-state index in [-0.39, 0.29) is 6.04 Å². The number of nitrogens with two attached hydrogens (primary N) is 1. The van der Waals surface area contributed by atoms with Crippen molar-refractivity contribution in [3.8, 4) is 5.75 Å². The van der Waals surface area contributed by atoms with E-state index in [2.05, 4.69) is 5.32 Å². The van der Waals surface area contributed by atoms with E-state index in [0.717, 1.165) is 5.56 Å². The van der Waals surface area contributed by atoms with Crippen molar-refractivity contribution >= 4 is 23.2 Å². The number of hydrogen-bond donors (Lipinski definition) is 2. The highest BCUT2D eigenvalue weighted by atomic mass is 35.5. The molecule has 1 aromatic rings. The molecule has 5 heteroatoms. The standard InChI is InChI=1S/C10H14Cl2N2O/c1-14-5-7(13)6-3-4-8(15-2)10(12)9(6)11/h3-4,7,14H,5,13H2,1-2H3. The van der Waals surface area contributed by atoms with E-state index in [4.69, 9.17) is 33.7 Å². The van der Waals surface area contributed by atoms with E-state index in [1.54, 1.807) is 13.2 Å². The summed E-state index contributed by atoms with van der Waals surface area (Å²) in [7, 11) is 3.38. The summed E-state index contributed by atoms with van der Waals surface area (Å²) in [5.41, 5.74) is 6.74. The molecule has 84 valence electrons. The van der Waals surface area contributed by atoms with Gasteiger partial charge in [0.2, 0.25) is 0 Å². The Hall–Kier alpha value is -0.480. The third kappa shape index (κ3) is 2.75. The number of likely N-dealkylation sites (N-methyl/N-ethyl adjacent to an activating group) is 1. The molecule has 0 aliphatic carbocycles. The van der Waals surface area contributed by atoms with Crippen molar-refractivity contribution in [2.45, 2.75) is 6.04 Å². The lowest BCUT2D eigenvalue weighted by Gasteiger charge is -2.15. The largest absolute Gasteiger partial charge is 0.495 e. The van der Waals surface area contributed by atoms with E-state index < -0.39 is 0 Å². The van der Waals surface area contributed by atoms with E-state index in [1.165, 1.54) is 0 Å². The maximum atomic E-state index is 6.09. The van der Waals surface area contributed by atoms with Crippen LogP contribution in [0.2, 0.25) is 10.0 Å². The molecule has 0 bridgehead atoms. The number of ether oxygens (including phenoxy) is 1. The second-order valence-corrected chi connectivity index (χ2v) is 3.91. The predicted octanol–water partition coefficient (Wildman–Crippen LogP) is 2.22. The summed E-state index contributed by atoms with van der Waals surface area (Å²) in [5.74, 6) is 0.557. The maximum absolute atomic E-state index is 6.09. The van der Waals surface area contributed by atoms with Crippen LogP contribution in [0.5, 0.6) is 5.75 Å². The summed E-state index contributed by atoms with van der Waals surface area (Å²) >= 11 is 12.1. The van der Waals surface area contributed by atoms with Crippen molar-refractivity contribution in [2.24, 2.45) is 5.73 Å². The van der Waals surface area contributed by atoms with Gasteiger partial charge in [0, 0.05) is 12.6 Å². The topological polar surface area (TPSA) is 47.3 Å². The van der Waals surface area contributed by atoms with Gasteiger partial charge in [0.1, 0.15) is 10.8 Å². The first-order chi connectivity index (χ1) is 7.11. The molecular weight excluding hydrogens is 235 g/mol. The smallest absolute Gasteiger partial charge is 0.139 e. The van der Waals surface area contributed by atoms with E-state index in [9.17, 15) is 0 Å². The van der Waals surface area contributed by atoms with Crippen LogP contribution in [0.15, 0.2) is 12.1 Å². The number of hydrogen-bond acceptors (Lipinski definition) is 3. The molecule has 15 heavy (non-hydrogen) atoms. The minimum absolute atomic E-state index is 0.175. The van der Waals surface area contributed by atoms with Crippen molar-refractivity contribution in [1.82, 2.24) is 5.32 Å². The van der Waals surface area contributed by atoms with Crippen LogP contribution in [0, 0.1) is 0 Å². The summed E-state index contributed by atoms with van der Waals surface area (Å²) in [5, 5.41) is 3.85. The molecule has 1 rings (SSSR count). The molecule has 0 fully saturated rings. The second-order valence-electron chi connectivity index (χ2n) is 3.15. The van der Waals surface area contributed by atoms with Gasteiger partial charge < -0.3 is 15.8 Å². The third-order valence-electron chi connectivity index (χ3n) is 2.12. The van der Waals surface area contributed by atoms with Crippen molar-refractivity contribution in [3.63, 3.8) is 0 Å². The summed E-state index contributed by atoms with van der Waals surface area (Å²) < 4.78 is 5.05. The minimum atomic E-state index is -0.175. The van der Waals surface area contributed by atoms with E-state index in [0.29, 0.717) is 22.3 Å². The van der Waals surface area contributed by atoms with Crippen LogP contribution in [0.4, 0.5) is 0 Å². The molecule has 0 aromatic heterocycles. The van der Waals surface area contributed by atoms with Crippen LogP contribution in [-0.4, -0.2) is 20.7 Å². The number of halogens is 2. The lowest BCUT2D eigenvalue weighted by Crippen LogP contribution is -2.24. The van der Waals surface area contributed by atoms with Crippen LogP contribution in [-0.2, 0) is 0 Å². The quantitative estimate of drug-likeness (QED) is 0.860. The molecule has 0 aliphatic heterocycles. The number of benzene rings is 1. The molecule has 1 atom stereocenters. The summed E-state index contributed by atoms with van der Waals surface area (Å²) in [6, 6.07) is 3.42. The van der Waals surface area contributed by atoms with Gasteiger partial charge in [-0.25, -0.2) is 0 Å². The molecule has 1 unspecified atom stereocenters. The zero-order valence-electron chi connectivity index (χ0n) is 8.68. The zero-order chi connectivity index (χ0) is 11.4. The number of rotatable bonds is 4. The predicted molar refractivity (Wildman–Crippen MR) is 63.9 cm³/mol. The van der Waals surface area contributed by atoms with Crippen LogP contribution < -0.4 is 15.8 Å². The fourth-order valence-corrected chi connectivity index (χ4v) is 1.87. The minimum Gasteiger partial charge on any atom is -0.495 e. The SMILES string of the molecule is CNCC(N)c1ccc(OC)c(Cl)c1Cl. The van der Waals surface area contributed by atoms with Gasteiger partial charge in [-0.3, -0.25) is 0 Å². The Bertz CT molecular complexity index is 344. The Balaban J connectivity index is 3.06. The Morgan fingerprint density at radius 2 is 2.07 bits per heavy atom. The van der Waals surface area contributed by atoms with Gasteiger partial charge in [0.25, 0.3) is 0 Å². The number of methoxy groups -OCH3 is 1. The molecule has 3 N–H and O–H groups in total. The first-order valence-electron chi connectivity index (χ1n) is 4.53. The van der Waals surface area contributed by atoms with Gasteiger partial charge in [0.05, 0.1) is 12.1 Å². The normalized spacial score (nSPS) is 12.6. The molecule has 0 heterocycles. The molecule has 0 radical (unpaired) electrons. The molecule has 0 saturated carbocycles. The van der Waals surface area contributed by atoms with Crippen LogP contribution in [0.1, 0.15) is 11.6 Å². The number of nitrogens with one attached hydrogen (secondary N) is 1. The second kappa shape index (κ2) is 5.56. The highest BCUT2D eigenvalue weighted by molar-refractivity contribution is 6.43. The lowest BCUT2D eigenvalue weighted by molar-refractivity contribution is 0.414. The van der Waals surface area contributed by atoms with Gasteiger partial charge in [-0.2, -0.15) is 0 Å². The fourth-order valence-electron chi connectivity index (χ4n) is 1.32. The summed E-state index contributed by atoms with van der Waals surface area (Å²) in [6.45, 7) is 0.641. The summed E-state index contributed by atoms with van der Waals surface area (Å²) in [6.07, 6.45) is 0. The van der Waals surface area contributed by atoms with Crippen LogP contribution in [0.3, 0.4) is 0 Å². The molecule has 0 amide bonds.